The van der Waals surface area contributed by atoms with E-state index in [2.05, 4.69) is 15.0 Å². The lowest BCUT2D eigenvalue weighted by molar-refractivity contribution is 0.0743. The van der Waals surface area contributed by atoms with Gasteiger partial charge in [-0.25, -0.2) is 4.98 Å². The van der Waals surface area contributed by atoms with Crippen molar-refractivity contribution in [1.82, 2.24) is 24.6 Å². The molecule has 0 saturated carbocycles. The zero-order valence-electron chi connectivity index (χ0n) is 11.8. The average Bonchev–Trinajstić information content (AvgIpc) is 3.09. The van der Waals surface area contributed by atoms with E-state index in [1.54, 1.807) is 10.9 Å². The molecule has 0 N–H and O–H groups in total. The summed E-state index contributed by atoms with van der Waals surface area (Å²) < 4.78 is 1.89. The first kappa shape index (κ1) is 13.3. The van der Waals surface area contributed by atoms with E-state index in [1.807, 2.05) is 30.7 Å². The molecular formula is C13H17N5OS. The van der Waals surface area contributed by atoms with Crippen molar-refractivity contribution >= 4 is 17.2 Å². The molecule has 6 nitrogen and oxygen atoms in total. The molecule has 106 valence electrons. The second-order valence-corrected chi connectivity index (χ2v) is 5.99. The fourth-order valence-corrected chi connectivity index (χ4v) is 3.05. The van der Waals surface area contributed by atoms with Crippen LogP contribution in [0.2, 0.25) is 0 Å². The number of aromatic nitrogens is 3. The zero-order valence-corrected chi connectivity index (χ0v) is 12.6. The summed E-state index contributed by atoms with van der Waals surface area (Å²) in [7, 11) is 5.98. The predicted octanol–water partition coefficient (Wildman–Crippen LogP) is 1.09. The highest BCUT2D eigenvalue weighted by atomic mass is 32.1. The first-order chi connectivity index (χ1) is 9.56. The minimum atomic E-state index is -0.00162. The van der Waals surface area contributed by atoms with Gasteiger partial charge in [0.2, 0.25) is 0 Å². The fraction of sp³-hybridized carbons (Fsp3) is 0.462. The van der Waals surface area contributed by atoms with E-state index < -0.39 is 0 Å². The molecule has 2 aromatic heterocycles. The Morgan fingerprint density at radius 2 is 2.25 bits per heavy atom. The van der Waals surface area contributed by atoms with Crippen molar-refractivity contribution < 1.29 is 4.79 Å². The molecule has 0 unspecified atom stereocenters. The molecule has 7 heteroatoms. The summed E-state index contributed by atoms with van der Waals surface area (Å²) >= 11 is 1.44. The third-order valence-corrected chi connectivity index (χ3v) is 4.04. The topological polar surface area (TPSA) is 54.3 Å². The molecule has 2 aromatic rings. The van der Waals surface area contributed by atoms with Crippen LogP contribution in [-0.2, 0) is 26.7 Å². The van der Waals surface area contributed by atoms with Gasteiger partial charge < -0.3 is 9.80 Å². The second-order valence-electron chi connectivity index (χ2n) is 5.27. The maximum atomic E-state index is 12.3. The van der Waals surface area contributed by atoms with E-state index in [1.165, 1.54) is 16.9 Å². The first-order valence-electron chi connectivity index (χ1n) is 6.42. The highest BCUT2D eigenvalue weighted by Gasteiger charge is 2.30. The molecule has 3 heterocycles. The SMILES string of the molecule is CN(C)Cc1nn(C)c2c1CN(C(=O)c1cscn1)C2. The Morgan fingerprint density at radius 3 is 2.90 bits per heavy atom. The van der Waals surface area contributed by atoms with Crippen LogP contribution in [0.25, 0.3) is 0 Å². The number of fused-ring (bicyclic) bond motifs is 1. The molecule has 3 rings (SSSR count). The van der Waals surface area contributed by atoms with Crippen LogP contribution in [0.15, 0.2) is 10.9 Å². The zero-order chi connectivity index (χ0) is 14.3. The maximum absolute atomic E-state index is 12.3. The Bertz CT molecular complexity index is 631. The highest BCUT2D eigenvalue weighted by molar-refractivity contribution is 7.07. The minimum Gasteiger partial charge on any atom is -0.327 e. The Labute approximate surface area is 121 Å². The van der Waals surface area contributed by atoms with Crippen molar-refractivity contribution in [3.05, 3.63) is 33.5 Å². The maximum Gasteiger partial charge on any atom is 0.273 e. The predicted molar refractivity (Wildman–Crippen MR) is 76.3 cm³/mol. The Kier molecular flexibility index (Phi) is 3.31. The summed E-state index contributed by atoms with van der Waals surface area (Å²) in [5.41, 5.74) is 5.59. The van der Waals surface area contributed by atoms with Crippen LogP contribution in [0.3, 0.4) is 0 Å². The molecule has 20 heavy (non-hydrogen) atoms. The van der Waals surface area contributed by atoms with Crippen molar-refractivity contribution in [2.45, 2.75) is 19.6 Å². The molecule has 0 fully saturated rings. The number of amides is 1. The molecular weight excluding hydrogens is 274 g/mol. The lowest BCUT2D eigenvalue weighted by Gasteiger charge is -2.15. The van der Waals surface area contributed by atoms with Gasteiger partial charge in [-0.1, -0.05) is 0 Å². The number of carbonyl (C=O) groups is 1. The van der Waals surface area contributed by atoms with E-state index in [4.69, 9.17) is 0 Å². The lowest BCUT2D eigenvalue weighted by atomic mass is 10.2. The number of nitrogens with zero attached hydrogens (tertiary/aromatic N) is 5. The van der Waals surface area contributed by atoms with Gasteiger partial charge in [0.1, 0.15) is 5.69 Å². The van der Waals surface area contributed by atoms with Crippen LogP contribution >= 0.6 is 11.3 Å². The monoisotopic (exact) mass is 291 g/mol. The lowest BCUT2D eigenvalue weighted by Crippen LogP contribution is -2.26. The van der Waals surface area contributed by atoms with Gasteiger partial charge >= 0.3 is 0 Å². The Morgan fingerprint density at radius 1 is 1.45 bits per heavy atom. The molecule has 0 aromatic carbocycles. The van der Waals surface area contributed by atoms with E-state index in [9.17, 15) is 4.79 Å². The summed E-state index contributed by atoms with van der Waals surface area (Å²) in [6.45, 7) is 2.03. The molecule has 0 atom stereocenters. The number of hydrogen-bond donors (Lipinski definition) is 0. The van der Waals surface area contributed by atoms with Gasteiger partial charge in [0.05, 0.1) is 30.0 Å². The Balaban J connectivity index is 1.83. The molecule has 1 amide bonds. The van der Waals surface area contributed by atoms with E-state index in [-0.39, 0.29) is 5.91 Å². The van der Waals surface area contributed by atoms with Crippen molar-refractivity contribution in [1.29, 1.82) is 0 Å². The van der Waals surface area contributed by atoms with E-state index in [0.717, 1.165) is 17.9 Å². The third-order valence-electron chi connectivity index (χ3n) is 3.45. The summed E-state index contributed by atoms with van der Waals surface area (Å²) in [6.07, 6.45) is 0. The van der Waals surface area contributed by atoms with Crippen LogP contribution in [0.4, 0.5) is 0 Å². The number of aryl methyl sites for hydroxylation is 1. The van der Waals surface area contributed by atoms with Crippen molar-refractivity contribution in [3.8, 4) is 0 Å². The van der Waals surface area contributed by atoms with Crippen molar-refractivity contribution in [3.63, 3.8) is 0 Å². The molecule has 0 aliphatic carbocycles. The third kappa shape index (κ3) is 2.23. The molecule has 1 aliphatic rings. The van der Waals surface area contributed by atoms with Gasteiger partial charge in [-0.3, -0.25) is 9.48 Å². The van der Waals surface area contributed by atoms with Gasteiger partial charge in [0, 0.05) is 24.5 Å². The average molecular weight is 291 g/mol. The largest absolute Gasteiger partial charge is 0.327 e. The smallest absolute Gasteiger partial charge is 0.273 e. The van der Waals surface area contributed by atoms with Crippen molar-refractivity contribution in [2.75, 3.05) is 14.1 Å². The number of thiazole rings is 1. The van der Waals surface area contributed by atoms with Crippen molar-refractivity contribution in [2.24, 2.45) is 7.05 Å². The minimum absolute atomic E-state index is 0.00162. The normalized spacial score (nSPS) is 14.1. The molecule has 0 saturated heterocycles. The first-order valence-corrected chi connectivity index (χ1v) is 7.36. The van der Waals surface area contributed by atoms with E-state index in [0.29, 0.717) is 18.8 Å². The van der Waals surface area contributed by atoms with Crippen LogP contribution in [0, 0.1) is 0 Å². The Hall–Kier alpha value is -1.73. The van der Waals surface area contributed by atoms with Gasteiger partial charge in [0.25, 0.3) is 5.91 Å². The van der Waals surface area contributed by atoms with Crippen LogP contribution < -0.4 is 0 Å². The number of hydrogen-bond acceptors (Lipinski definition) is 5. The second kappa shape index (κ2) is 4.99. The molecule has 0 spiro atoms. The summed E-state index contributed by atoms with van der Waals surface area (Å²) in [4.78, 5) is 20.4. The molecule has 0 radical (unpaired) electrons. The standard InChI is InChI=1S/C13H17N5OS/c1-16(2)5-10-9-4-18(6-12(9)17(3)15-10)13(19)11-7-20-8-14-11/h7-8H,4-6H2,1-3H3. The summed E-state index contributed by atoms with van der Waals surface area (Å²) in [5.74, 6) is -0.00162. The van der Waals surface area contributed by atoms with Crippen LogP contribution in [0.5, 0.6) is 0 Å². The molecule has 0 bridgehead atoms. The van der Waals surface area contributed by atoms with Crippen LogP contribution in [0.1, 0.15) is 27.4 Å². The number of rotatable bonds is 3. The molecule has 1 aliphatic heterocycles. The number of carbonyl (C=O) groups excluding carboxylic acids is 1. The van der Waals surface area contributed by atoms with Crippen LogP contribution in [-0.4, -0.2) is 44.6 Å². The quantitative estimate of drug-likeness (QED) is 0.849. The summed E-state index contributed by atoms with van der Waals surface area (Å²) in [6, 6.07) is 0. The summed E-state index contributed by atoms with van der Waals surface area (Å²) in [5, 5.41) is 6.35. The highest BCUT2D eigenvalue weighted by Crippen LogP contribution is 2.27. The van der Waals surface area contributed by atoms with Gasteiger partial charge in [-0.15, -0.1) is 11.3 Å². The van der Waals surface area contributed by atoms with E-state index >= 15 is 0 Å². The van der Waals surface area contributed by atoms with Gasteiger partial charge in [-0.05, 0) is 14.1 Å². The van der Waals surface area contributed by atoms with Gasteiger partial charge in [0.15, 0.2) is 0 Å². The fourth-order valence-electron chi connectivity index (χ4n) is 2.52. The van der Waals surface area contributed by atoms with Gasteiger partial charge in [-0.2, -0.15) is 5.10 Å².